The third-order valence-corrected chi connectivity index (χ3v) is 3.60. The molecule has 8 nitrogen and oxygen atoms in total. The number of nitro benzene ring substituents is 1. The Morgan fingerprint density at radius 2 is 2.00 bits per heavy atom. The molecule has 1 heterocycles. The molecule has 8 heteroatoms. The van der Waals surface area contributed by atoms with Crippen molar-refractivity contribution >= 4 is 11.5 Å². The molecular formula is C14H14N4O4. The summed E-state index contributed by atoms with van der Waals surface area (Å²) in [5.74, 6) is 0.458. The Morgan fingerprint density at radius 1 is 1.27 bits per heavy atom. The van der Waals surface area contributed by atoms with Crippen molar-refractivity contribution in [2.24, 2.45) is 0 Å². The standard InChI is InChI=1S/C14H14N4O4/c1-15-12-8-13(19)17(14(20)16(12)9-5-6-9)10-3-2-4-11(7-10)18(21)22/h2-4,7-9,15H,5-6H2,1H3. The highest BCUT2D eigenvalue weighted by molar-refractivity contribution is 5.44. The van der Waals surface area contributed by atoms with Crippen LogP contribution in [-0.4, -0.2) is 21.1 Å². The highest BCUT2D eigenvalue weighted by atomic mass is 16.6. The van der Waals surface area contributed by atoms with Crippen LogP contribution < -0.4 is 16.6 Å². The van der Waals surface area contributed by atoms with E-state index in [2.05, 4.69) is 5.32 Å². The Labute approximate surface area is 124 Å². The molecule has 1 aromatic heterocycles. The van der Waals surface area contributed by atoms with Crippen LogP contribution in [0.25, 0.3) is 5.69 Å². The van der Waals surface area contributed by atoms with Crippen LogP contribution in [0.3, 0.4) is 0 Å². The first-order valence-electron chi connectivity index (χ1n) is 6.84. The molecule has 1 aliphatic carbocycles. The van der Waals surface area contributed by atoms with Gasteiger partial charge in [-0.05, 0) is 18.9 Å². The lowest BCUT2D eigenvalue weighted by atomic mass is 10.3. The molecule has 0 bridgehead atoms. The minimum absolute atomic E-state index is 0.0699. The largest absolute Gasteiger partial charge is 0.374 e. The van der Waals surface area contributed by atoms with Crippen molar-refractivity contribution in [3.8, 4) is 5.69 Å². The second-order valence-electron chi connectivity index (χ2n) is 5.11. The van der Waals surface area contributed by atoms with E-state index in [1.165, 1.54) is 34.9 Å². The lowest BCUT2D eigenvalue weighted by molar-refractivity contribution is -0.384. The Bertz CT molecular complexity index is 864. The summed E-state index contributed by atoms with van der Waals surface area (Å²) in [6.07, 6.45) is 1.75. The van der Waals surface area contributed by atoms with E-state index in [-0.39, 0.29) is 17.4 Å². The predicted octanol–water partition coefficient (Wildman–Crippen LogP) is 1.28. The maximum Gasteiger partial charge on any atom is 0.337 e. The van der Waals surface area contributed by atoms with Gasteiger partial charge in [-0.25, -0.2) is 9.36 Å². The van der Waals surface area contributed by atoms with Crippen molar-refractivity contribution in [2.45, 2.75) is 18.9 Å². The number of nitro groups is 1. The minimum Gasteiger partial charge on any atom is -0.374 e. The number of hydrogen-bond acceptors (Lipinski definition) is 5. The third kappa shape index (κ3) is 2.28. The van der Waals surface area contributed by atoms with Crippen molar-refractivity contribution in [1.82, 2.24) is 9.13 Å². The normalized spacial score (nSPS) is 13.9. The summed E-state index contributed by atoms with van der Waals surface area (Å²) < 4.78 is 2.49. The fourth-order valence-electron chi connectivity index (χ4n) is 2.42. The maximum absolute atomic E-state index is 12.6. The number of nitrogens with zero attached hydrogens (tertiary/aromatic N) is 3. The van der Waals surface area contributed by atoms with Gasteiger partial charge in [0.1, 0.15) is 5.82 Å². The van der Waals surface area contributed by atoms with E-state index < -0.39 is 16.2 Å². The molecule has 0 amide bonds. The Balaban J connectivity index is 2.25. The lowest BCUT2D eigenvalue weighted by Gasteiger charge is -2.14. The predicted molar refractivity (Wildman–Crippen MR) is 80.8 cm³/mol. The molecule has 1 fully saturated rings. The van der Waals surface area contributed by atoms with Crippen molar-refractivity contribution in [1.29, 1.82) is 0 Å². The molecular weight excluding hydrogens is 288 g/mol. The zero-order valence-corrected chi connectivity index (χ0v) is 11.9. The number of benzene rings is 1. The van der Waals surface area contributed by atoms with Crippen LogP contribution in [0.15, 0.2) is 39.9 Å². The molecule has 0 saturated heterocycles. The molecule has 1 aromatic carbocycles. The SMILES string of the molecule is CNc1cc(=O)n(-c2cccc([N+](=O)[O-])c2)c(=O)n1C1CC1. The van der Waals surface area contributed by atoms with E-state index in [9.17, 15) is 19.7 Å². The second kappa shape index (κ2) is 5.14. The number of aromatic nitrogens is 2. The molecule has 0 unspecified atom stereocenters. The van der Waals surface area contributed by atoms with Crippen molar-refractivity contribution in [2.75, 3.05) is 12.4 Å². The fraction of sp³-hybridized carbons (Fsp3) is 0.286. The van der Waals surface area contributed by atoms with E-state index in [1.807, 2.05) is 0 Å². The van der Waals surface area contributed by atoms with Gasteiger partial charge in [-0.2, -0.15) is 0 Å². The van der Waals surface area contributed by atoms with Crippen LogP contribution in [0.1, 0.15) is 18.9 Å². The summed E-state index contributed by atoms with van der Waals surface area (Å²) in [5.41, 5.74) is -0.979. The Kier molecular flexibility index (Phi) is 3.28. The van der Waals surface area contributed by atoms with Crippen molar-refractivity contribution in [3.63, 3.8) is 0 Å². The van der Waals surface area contributed by atoms with E-state index >= 15 is 0 Å². The number of anilines is 1. The quantitative estimate of drug-likeness (QED) is 0.677. The average Bonchev–Trinajstić information content (AvgIpc) is 3.31. The molecule has 0 radical (unpaired) electrons. The topological polar surface area (TPSA) is 99.2 Å². The van der Waals surface area contributed by atoms with Crippen LogP contribution in [0.4, 0.5) is 11.5 Å². The van der Waals surface area contributed by atoms with Gasteiger partial charge in [-0.15, -0.1) is 0 Å². The number of non-ortho nitro benzene ring substituents is 1. The van der Waals surface area contributed by atoms with Crippen LogP contribution in [-0.2, 0) is 0 Å². The zero-order valence-electron chi connectivity index (χ0n) is 11.9. The lowest BCUT2D eigenvalue weighted by Crippen LogP contribution is -2.39. The highest BCUT2D eigenvalue weighted by Gasteiger charge is 2.28. The van der Waals surface area contributed by atoms with Gasteiger partial charge in [0.05, 0.1) is 10.6 Å². The first-order valence-corrected chi connectivity index (χ1v) is 6.84. The van der Waals surface area contributed by atoms with Gasteiger partial charge in [0.25, 0.3) is 11.2 Å². The highest BCUT2D eigenvalue weighted by Crippen LogP contribution is 2.35. The number of nitrogens with one attached hydrogen (secondary N) is 1. The summed E-state index contributed by atoms with van der Waals surface area (Å²) in [7, 11) is 1.64. The average molecular weight is 302 g/mol. The van der Waals surface area contributed by atoms with Gasteiger partial charge >= 0.3 is 5.69 Å². The summed E-state index contributed by atoms with van der Waals surface area (Å²) in [5, 5.41) is 13.7. The fourth-order valence-corrected chi connectivity index (χ4v) is 2.42. The molecule has 1 saturated carbocycles. The van der Waals surface area contributed by atoms with E-state index in [4.69, 9.17) is 0 Å². The van der Waals surface area contributed by atoms with Crippen molar-refractivity contribution in [3.05, 3.63) is 61.3 Å². The van der Waals surface area contributed by atoms with Gasteiger partial charge in [-0.1, -0.05) is 6.07 Å². The van der Waals surface area contributed by atoms with E-state index in [0.29, 0.717) is 5.82 Å². The van der Waals surface area contributed by atoms with Crippen LogP contribution in [0.2, 0.25) is 0 Å². The first-order chi connectivity index (χ1) is 10.5. The molecule has 1 aliphatic rings. The molecule has 2 aromatic rings. The summed E-state index contributed by atoms with van der Waals surface area (Å²) in [4.78, 5) is 35.2. The molecule has 0 atom stereocenters. The molecule has 114 valence electrons. The summed E-state index contributed by atoms with van der Waals surface area (Å²) >= 11 is 0. The van der Waals surface area contributed by atoms with Crippen molar-refractivity contribution < 1.29 is 4.92 Å². The monoisotopic (exact) mass is 302 g/mol. The molecule has 3 rings (SSSR count). The summed E-state index contributed by atoms with van der Waals surface area (Å²) in [6.45, 7) is 0. The zero-order chi connectivity index (χ0) is 15.9. The number of rotatable bonds is 4. The van der Waals surface area contributed by atoms with Crippen LogP contribution >= 0.6 is 0 Å². The Morgan fingerprint density at radius 3 is 2.59 bits per heavy atom. The number of hydrogen-bond donors (Lipinski definition) is 1. The van der Waals surface area contributed by atoms with Gasteiger partial charge in [0, 0.05) is 31.3 Å². The Hall–Kier alpha value is -2.90. The summed E-state index contributed by atoms with van der Waals surface area (Å²) in [6, 6.07) is 6.90. The van der Waals surface area contributed by atoms with Crippen LogP contribution in [0.5, 0.6) is 0 Å². The molecule has 1 N–H and O–H groups in total. The molecule has 0 spiro atoms. The maximum atomic E-state index is 12.6. The smallest absolute Gasteiger partial charge is 0.337 e. The van der Waals surface area contributed by atoms with E-state index in [1.54, 1.807) is 7.05 Å². The first kappa shape index (κ1) is 14.1. The van der Waals surface area contributed by atoms with E-state index in [0.717, 1.165) is 17.4 Å². The van der Waals surface area contributed by atoms with Gasteiger partial charge in [0.2, 0.25) is 0 Å². The molecule has 0 aliphatic heterocycles. The minimum atomic E-state index is -0.560. The van der Waals surface area contributed by atoms with Gasteiger partial charge < -0.3 is 5.32 Å². The second-order valence-corrected chi connectivity index (χ2v) is 5.11. The van der Waals surface area contributed by atoms with Crippen LogP contribution in [0, 0.1) is 10.1 Å². The van der Waals surface area contributed by atoms with Gasteiger partial charge in [0.15, 0.2) is 0 Å². The third-order valence-electron chi connectivity index (χ3n) is 3.60. The molecule has 22 heavy (non-hydrogen) atoms. The van der Waals surface area contributed by atoms with Gasteiger partial charge in [-0.3, -0.25) is 19.5 Å².